The number of nitrogens with one attached hydrogen (secondary N) is 1. The predicted molar refractivity (Wildman–Crippen MR) is 99.4 cm³/mol. The number of alkyl carbamates (subject to hydrolysis) is 1. The molecule has 27 heavy (non-hydrogen) atoms. The SMILES string of the molecule is CC(C)(C)OC(=O)NCC(=O)Oc1cc2oc(=O)c3c(c2cc1Cl)CCC3. The van der Waals surface area contributed by atoms with Gasteiger partial charge in [0, 0.05) is 17.0 Å². The van der Waals surface area contributed by atoms with E-state index in [-0.39, 0.29) is 16.4 Å². The predicted octanol–water partition coefficient (Wildman–Crippen LogP) is 3.37. The first kappa shape index (κ1) is 19.2. The van der Waals surface area contributed by atoms with Gasteiger partial charge in [-0.3, -0.25) is 0 Å². The molecule has 144 valence electrons. The topological polar surface area (TPSA) is 94.8 Å². The van der Waals surface area contributed by atoms with Crippen molar-refractivity contribution in [2.75, 3.05) is 6.54 Å². The van der Waals surface area contributed by atoms with Crippen molar-refractivity contribution in [2.24, 2.45) is 0 Å². The lowest BCUT2D eigenvalue weighted by Crippen LogP contribution is -2.36. The second-order valence-corrected chi connectivity index (χ2v) is 7.72. The monoisotopic (exact) mass is 393 g/mol. The second kappa shape index (κ2) is 7.23. The number of esters is 1. The fraction of sp³-hybridized carbons (Fsp3) is 0.421. The third-order valence-corrected chi connectivity index (χ3v) is 4.32. The van der Waals surface area contributed by atoms with Gasteiger partial charge in [-0.2, -0.15) is 0 Å². The summed E-state index contributed by atoms with van der Waals surface area (Å²) in [5.74, 6) is -0.674. The quantitative estimate of drug-likeness (QED) is 0.488. The number of carbonyl (C=O) groups is 2. The molecule has 0 aliphatic heterocycles. The van der Waals surface area contributed by atoms with Gasteiger partial charge >= 0.3 is 17.7 Å². The van der Waals surface area contributed by atoms with Crippen molar-refractivity contribution in [3.8, 4) is 5.75 Å². The number of halogens is 1. The lowest BCUT2D eigenvalue weighted by Gasteiger charge is -2.19. The number of rotatable bonds is 3. The molecule has 1 aromatic carbocycles. The van der Waals surface area contributed by atoms with Crippen LogP contribution in [0.15, 0.2) is 21.3 Å². The van der Waals surface area contributed by atoms with Gasteiger partial charge in [0.05, 0.1) is 5.02 Å². The highest BCUT2D eigenvalue weighted by Crippen LogP contribution is 2.34. The van der Waals surface area contributed by atoms with Crippen LogP contribution in [0, 0.1) is 0 Å². The van der Waals surface area contributed by atoms with Crippen LogP contribution in [-0.4, -0.2) is 24.2 Å². The summed E-state index contributed by atoms with van der Waals surface area (Å²) >= 11 is 6.23. The van der Waals surface area contributed by atoms with Gasteiger partial charge in [0.1, 0.15) is 17.7 Å². The number of aryl methyl sites for hydroxylation is 1. The fourth-order valence-corrected chi connectivity index (χ4v) is 3.18. The molecule has 0 fully saturated rings. The summed E-state index contributed by atoms with van der Waals surface area (Å²) in [4.78, 5) is 35.6. The van der Waals surface area contributed by atoms with Gasteiger partial charge < -0.3 is 19.2 Å². The summed E-state index contributed by atoms with van der Waals surface area (Å²) < 4.78 is 15.6. The molecule has 1 aromatic heterocycles. The van der Waals surface area contributed by atoms with Crippen molar-refractivity contribution in [1.82, 2.24) is 5.32 Å². The Morgan fingerprint density at radius 1 is 1.22 bits per heavy atom. The zero-order valence-electron chi connectivity index (χ0n) is 15.3. The van der Waals surface area contributed by atoms with Crippen LogP contribution in [0.2, 0.25) is 5.02 Å². The smallest absolute Gasteiger partial charge is 0.408 e. The number of ether oxygens (including phenoxy) is 2. The Bertz CT molecular complexity index is 973. The Morgan fingerprint density at radius 3 is 2.63 bits per heavy atom. The van der Waals surface area contributed by atoms with E-state index in [9.17, 15) is 14.4 Å². The average molecular weight is 394 g/mol. The minimum absolute atomic E-state index is 0.0567. The van der Waals surface area contributed by atoms with Crippen LogP contribution in [0.4, 0.5) is 4.79 Å². The van der Waals surface area contributed by atoms with Crippen molar-refractivity contribution in [3.05, 3.63) is 38.7 Å². The maximum absolute atomic E-state index is 12.1. The van der Waals surface area contributed by atoms with E-state index in [2.05, 4.69) is 5.32 Å². The number of fused-ring (bicyclic) bond motifs is 3. The van der Waals surface area contributed by atoms with E-state index < -0.39 is 24.2 Å². The van der Waals surface area contributed by atoms with E-state index in [0.717, 1.165) is 23.8 Å². The number of hydrogen-bond acceptors (Lipinski definition) is 6. The van der Waals surface area contributed by atoms with Crippen LogP contribution >= 0.6 is 11.6 Å². The molecule has 7 nitrogen and oxygen atoms in total. The summed E-state index contributed by atoms with van der Waals surface area (Å²) in [7, 11) is 0. The van der Waals surface area contributed by atoms with Crippen LogP contribution in [0.5, 0.6) is 5.75 Å². The van der Waals surface area contributed by atoms with Gasteiger partial charge in [0.2, 0.25) is 0 Å². The normalized spacial score (nSPS) is 13.3. The molecule has 3 rings (SSSR count). The molecule has 1 amide bonds. The van der Waals surface area contributed by atoms with Gasteiger partial charge in [-0.25, -0.2) is 14.4 Å². The van der Waals surface area contributed by atoms with E-state index >= 15 is 0 Å². The van der Waals surface area contributed by atoms with Gasteiger partial charge in [-0.15, -0.1) is 0 Å². The van der Waals surface area contributed by atoms with Crippen molar-refractivity contribution in [2.45, 2.75) is 45.6 Å². The summed E-state index contributed by atoms with van der Waals surface area (Å²) in [6.45, 7) is 4.75. The second-order valence-electron chi connectivity index (χ2n) is 7.31. The van der Waals surface area contributed by atoms with Gasteiger partial charge in [0.15, 0.2) is 5.75 Å². The van der Waals surface area contributed by atoms with Crippen molar-refractivity contribution in [3.63, 3.8) is 0 Å². The third-order valence-electron chi connectivity index (χ3n) is 4.03. The lowest BCUT2D eigenvalue weighted by molar-refractivity contribution is -0.133. The molecule has 0 radical (unpaired) electrons. The lowest BCUT2D eigenvalue weighted by atomic mass is 10.1. The average Bonchev–Trinajstić information content (AvgIpc) is 3.04. The number of amides is 1. The molecule has 2 aromatic rings. The molecule has 1 N–H and O–H groups in total. The molecule has 0 atom stereocenters. The van der Waals surface area contributed by atoms with E-state index in [1.165, 1.54) is 6.07 Å². The Labute approximate surface area is 160 Å². The van der Waals surface area contributed by atoms with Crippen LogP contribution < -0.4 is 15.7 Å². The Morgan fingerprint density at radius 2 is 1.93 bits per heavy atom. The Hall–Kier alpha value is -2.54. The minimum atomic E-state index is -0.731. The molecule has 0 saturated carbocycles. The van der Waals surface area contributed by atoms with Crippen LogP contribution in [0.1, 0.15) is 38.3 Å². The third kappa shape index (κ3) is 4.42. The Kier molecular flexibility index (Phi) is 5.15. The summed E-state index contributed by atoms with van der Waals surface area (Å²) in [5.41, 5.74) is 0.889. The summed E-state index contributed by atoms with van der Waals surface area (Å²) in [5, 5.41) is 3.27. The largest absolute Gasteiger partial charge is 0.444 e. The zero-order valence-corrected chi connectivity index (χ0v) is 16.1. The zero-order chi connectivity index (χ0) is 19.8. The van der Waals surface area contributed by atoms with Crippen molar-refractivity contribution < 1.29 is 23.5 Å². The van der Waals surface area contributed by atoms with E-state index in [1.54, 1.807) is 26.8 Å². The van der Waals surface area contributed by atoms with Gasteiger partial charge in [-0.05, 0) is 51.7 Å². The molecule has 0 saturated heterocycles. The van der Waals surface area contributed by atoms with E-state index in [4.69, 9.17) is 25.5 Å². The molecule has 0 bridgehead atoms. The van der Waals surface area contributed by atoms with E-state index in [0.29, 0.717) is 17.6 Å². The standard InChI is InChI=1S/C19H20ClNO6/c1-19(2,3)27-18(24)21-9-16(22)25-15-8-14-12(7-13(15)20)10-5-4-6-11(10)17(23)26-14/h7-8H,4-6,9H2,1-3H3,(H,21,24). The van der Waals surface area contributed by atoms with Crippen LogP contribution in [-0.2, 0) is 22.4 Å². The highest BCUT2D eigenvalue weighted by molar-refractivity contribution is 6.33. The molecule has 0 spiro atoms. The van der Waals surface area contributed by atoms with Crippen molar-refractivity contribution in [1.29, 1.82) is 0 Å². The summed E-state index contributed by atoms with van der Waals surface area (Å²) in [6, 6.07) is 3.05. The number of benzene rings is 1. The molecular weight excluding hydrogens is 374 g/mol. The fourth-order valence-electron chi connectivity index (χ4n) is 2.98. The molecule has 1 aliphatic carbocycles. The van der Waals surface area contributed by atoms with Crippen LogP contribution in [0.3, 0.4) is 0 Å². The Balaban J connectivity index is 1.75. The minimum Gasteiger partial charge on any atom is -0.444 e. The van der Waals surface area contributed by atoms with Crippen LogP contribution in [0.25, 0.3) is 11.0 Å². The maximum Gasteiger partial charge on any atom is 0.408 e. The molecule has 1 aliphatic rings. The first-order chi connectivity index (χ1) is 12.6. The molecular formula is C19H20ClNO6. The number of hydrogen-bond donors (Lipinski definition) is 1. The first-order valence-corrected chi connectivity index (χ1v) is 8.97. The number of carbonyl (C=O) groups excluding carboxylic acids is 2. The van der Waals surface area contributed by atoms with E-state index in [1.807, 2.05) is 0 Å². The van der Waals surface area contributed by atoms with Crippen molar-refractivity contribution >= 4 is 34.6 Å². The molecule has 0 unspecified atom stereocenters. The molecule has 8 heteroatoms. The van der Waals surface area contributed by atoms with Gasteiger partial charge in [0.25, 0.3) is 0 Å². The maximum atomic E-state index is 12.1. The molecule has 1 heterocycles. The highest BCUT2D eigenvalue weighted by Gasteiger charge is 2.22. The first-order valence-electron chi connectivity index (χ1n) is 8.60. The summed E-state index contributed by atoms with van der Waals surface area (Å²) in [6.07, 6.45) is 1.64. The van der Waals surface area contributed by atoms with Gasteiger partial charge in [-0.1, -0.05) is 11.6 Å². The highest BCUT2D eigenvalue weighted by atomic mass is 35.5.